The maximum Gasteiger partial charge on any atom is 0.315 e. The van der Waals surface area contributed by atoms with E-state index in [0.29, 0.717) is 16.3 Å². The van der Waals surface area contributed by atoms with Crippen molar-refractivity contribution in [3.8, 4) is 10.6 Å². The Morgan fingerprint density at radius 2 is 2.16 bits per heavy atom. The minimum Gasteiger partial charge on any atom is -0.481 e. The van der Waals surface area contributed by atoms with Crippen molar-refractivity contribution in [1.29, 1.82) is 0 Å². The molecule has 0 atom stereocenters. The highest BCUT2D eigenvalue weighted by Crippen LogP contribution is 2.31. The minimum absolute atomic E-state index is 0.0476. The van der Waals surface area contributed by atoms with Gasteiger partial charge >= 0.3 is 5.97 Å². The zero-order valence-corrected chi connectivity index (χ0v) is 11.8. The molecule has 100 valence electrons. The van der Waals surface area contributed by atoms with Crippen molar-refractivity contribution in [3.05, 3.63) is 40.1 Å². The van der Waals surface area contributed by atoms with Gasteiger partial charge in [0.05, 0.1) is 10.7 Å². The highest BCUT2D eigenvalue weighted by Gasteiger charge is 2.32. The molecular formula is C13H11ClFNO2S. The molecule has 2 rings (SSSR count). The summed E-state index contributed by atoms with van der Waals surface area (Å²) in [5, 5.41) is 11.4. The quantitative estimate of drug-likeness (QED) is 0.933. The number of aromatic nitrogens is 1. The summed E-state index contributed by atoms with van der Waals surface area (Å²) >= 11 is 6.90. The van der Waals surface area contributed by atoms with Crippen molar-refractivity contribution in [1.82, 2.24) is 4.98 Å². The standard InChI is InChI=1S/C13H11ClFNO2S/c1-13(2,12(17)18)10-6-19-11(16-10)7-3-4-8(14)9(15)5-7/h3-6H,1-2H3,(H,17,18). The Morgan fingerprint density at radius 3 is 2.74 bits per heavy atom. The van der Waals surface area contributed by atoms with Crippen LogP contribution in [0.5, 0.6) is 0 Å². The lowest BCUT2D eigenvalue weighted by Gasteiger charge is -2.15. The molecule has 0 amide bonds. The van der Waals surface area contributed by atoms with Gasteiger partial charge in [0.2, 0.25) is 0 Å². The first-order valence-electron chi connectivity index (χ1n) is 5.47. The molecule has 0 saturated carbocycles. The summed E-state index contributed by atoms with van der Waals surface area (Å²) in [6, 6.07) is 4.40. The van der Waals surface area contributed by atoms with E-state index in [4.69, 9.17) is 16.7 Å². The lowest BCUT2D eigenvalue weighted by atomic mass is 9.90. The predicted molar refractivity (Wildman–Crippen MR) is 73.2 cm³/mol. The van der Waals surface area contributed by atoms with Gasteiger partial charge in [-0.3, -0.25) is 4.79 Å². The number of hydrogen-bond donors (Lipinski definition) is 1. The van der Waals surface area contributed by atoms with E-state index in [0.717, 1.165) is 0 Å². The topological polar surface area (TPSA) is 50.2 Å². The first kappa shape index (κ1) is 14.0. The van der Waals surface area contributed by atoms with Crippen LogP contribution in [0.3, 0.4) is 0 Å². The monoisotopic (exact) mass is 299 g/mol. The molecule has 0 saturated heterocycles. The van der Waals surface area contributed by atoms with Crippen LogP contribution in [0.25, 0.3) is 10.6 Å². The number of thiazole rings is 1. The molecule has 1 aromatic carbocycles. The third-order valence-corrected chi connectivity index (χ3v) is 4.04. The third kappa shape index (κ3) is 2.62. The second-order valence-corrected chi connectivity index (χ2v) is 5.86. The molecular weight excluding hydrogens is 289 g/mol. The summed E-state index contributed by atoms with van der Waals surface area (Å²) in [7, 11) is 0. The largest absolute Gasteiger partial charge is 0.481 e. The molecule has 0 fully saturated rings. The number of carbonyl (C=O) groups is 1. The van der Waals surface area contributed by atoms with Crippen LogP contribution >= 0.6 is 22.9 Å². The number of carboxylic acids is 1. The molecule has 0 bridgehead atoms. The van der Waals surface area contributed by atoms with Crippen LogP contribution in [-0.4, -0.2) is 16.1 Å². The van der Waals surface area contributed by atoms with Gasteiger partial charge in [-0.1, -0.05) is 17.7 Å². The van der Waals surface area contributed by atoms with E-state index in [2.05, 4.69) is 4.98 Å². The normalized spacial score (nSPS) is 11.6. The van der Waals surface area contributed by atoms with E-state index < -0.39 is 17.2 Å². The molecule has 0 radical (unpaired) electrons. The number of rotatable bonds is 3. The Hall–Kier alpha value is -1.46. The maximum absolute atomic E-state index is 13.4. The van der Waals surface area contributed by atoms with Crippen LogP contribution in [0.4, 0.5) is 4.39 Å². The van der Waals surface area contributed by atoms with E-state index >= 15 is 0 Å². The summed E-state index contributed by atoms with van der Waals surface area (Å²) in [5.41, 5.74) is -0.0330. The molecule has 6 heteroatoms. The fourth-order valence-corrected chi connectivity index (χ4v) is 2.53. The second-order valence-electron chi connectivity index (χ2n) is 4.60. The number of nitrogens with zero attached hydrogens (tertiary/aromatic N) is 1. The lowest BCUT2D eigenvalue weighted by Crippen LogP contribution is -2.28. The summed E-state index contributed by atoms with van der Waals surface area (Å²) in [6.45, 7) is 3.16. The molecule has 1 N–H and O–H groups in total. The van der Waals surface area contributed by atoms with Crippen molar-refractivity contribution >= 4 is 28.9 Å². The fourth-order valence-electron chi connectivity index (χ4n) is 1.43. The Morgan fingerprint density at radius 1 is 1.47 bits per heavy atom. The Labute approximate surface area is 118 Å². The van der Waals surface area contributed by atoms with Crippen LogP contribution in [-0.2, 0) is 10.2 Å². The smallest absolute Gasteiger partial charge is 0.315 e. The molecule has 0 aliphatic heterocycles. The summed E-state index contributed by atoms with van der Waals surface area (Å²) in [5.74, 6) is -1.47. The predicted octanol–water partition coefficient (Wildman–Crippen LogP) is 3.96. The fraction of sp³-hybridized carbons (Fsp3) is 0.231. The van der Waals surface area contributed by atoms with E-state index in [1.807, 2.05) is 0 Å². The van der Waals surface area contributed by atoms with E-state index in [9.17, 15) is 9.18 Å². The second kappa shape index (κ2) is 4.90. The summed E-state index contributed by atoms with van der Waals surface area (Å²) in [4.78, 5) is 15.4. The summed E-state index contributed by atoms with van der Waals surface area (Å²) in [6.07, 6.45) is 0. The lowest BCUT2D eigenvalue weighted by molar-refractivity contribution is -0.142. The van der Waals surface area contributed by atoms with Crippen molar-refractivity contribution in [2.75, 3.05) is 0 Å². The van der Waals surface area contributed by atoms with Gasteiger partial charge in [0.1, 0.15) is 16.2 Å². The SMILES string of the molecule is CC(C)(C(=O)O)c1csc(-c2ccc(Cl)c(F)c2)n1. The molecule has 0 aliphatic rings. The Balaban J connectivity index is 2.41. The van der Waals surface area contributed by atoms with Crippen molar-refractivity contribution in [2.24, 2.45) is 0 Å². The first-order chi connectivity index (χ1) is 8.82. The molecule has 3 nitrogen and oxygen atoms in total. The Kier molecular flexibility index (Phi) is 3.60. The average molecular weight is 300 g/mol. The highest BCUT2D eigenvalue weighted by atomic mass is 35.5. The molecule has 1 heterocycles. The molecule has 1 aromatic heterocycles. The van der Waals surface area contributed by atoms with Gasteiger partial charge in [-0.2, -0.15) is 0 Å². The average Bonchev–Trinajstić information content (AvgIpc) is 2.82. The molecule has 0 unspecified atom stereocenters. The van der Waals surface area contributed by atoms with E-state index in [-0.39, 0.29) is 5.02 Å². The van der Waals surface area contributed by atoms with Crippen molar-refractivity contribution in [2.45, 2.75) is 19.3 Å². The van der Waals surface area contributed by atoms with Crippen LogP contribution in [0.15, 0.2) is 23.6 Å². The molecule has 0 aliphatic carbocycles. The van der Waals surface area contributed by atoms with Gasteiger partial charge in [0, 0.05) is 10.9 Å². The number of benzene rings is 1. The molecule has 0 spiro atoms. The number of aliphatic carboxylic acids is 1. The number of hydrogen-bond acceptors (Lipinski definition) is 3. The molecule has 19 heavy (non-hydrogen) atoms. The van der Waals surface area contributed by atoms with E-state index in [1.165, 1.54) is 23.5 Å². The highest BCUT2D eigenvalue weighted by molar-refractivity contribution is 7.13. The minimum atomic E-state index is -1.07. The van der Waals surface area contributed by atoms with Crippen LogP contribution in [0, 0.1) is 5.82 Å². The van der Waals surface area contributed by atoms with Gasteiger partial charge in [-0.25, -0.2) is 9.37 Å². The Bertz CT molecular complexity index is 639. The van der Waals surface area contributed by atoms with Crippen LogP contribution in [0.2, 0.25) is 5.02 Å². The maximum atomic E-state index is 13.4. The zero-order chi connectivity index (χ0) is 14.2. The van der Waals surface area contributed by atoms with Gasteiger partial charge < -0.3 is 5.11 Å². The van der Waals surface area contributed by atoms with Gasteiger partial charge in [0.15, 0.2) is 0 Å². The van der Waals surface area contributed by atoms with Gasteiger partial charge in [-0.05, 0) is 26.0 Å². The van der Waals surface area contributed by atoms with Gasteiger partial charge in [-0.15, -0.1) is 11.3 Å². The van der Waals surface area contributed by atoms with Crippen LogP contribution in [0.1, 0.15) is 19.5 Å². The van der Waals surface area contributed by atoms with Gasteiger partial charge in [0.25, 0.3) is 0 Å². The number of halogens is 2. The van der Waals surface area contributed by atoms with Crippen molar-refractivity contribution < 1.29 is 14.3 Å². The third-order valence-electron chi connectivity index (χ3n) is 2.85. The number of carboxylic acid groups (broad SMARTS) is 1. The first-order valence-corrected chi connectivity index (χ1v) is 6.73. The van der Waals surface area contributed by atoms with Crippen molar-refractivity contribution in [3.63, 3.8) is 0 Å². The van der Waals surface area contributed by atoms with E-state index in [1.54, 1.807) is 25.3 Å². The zero-order valence-electron chi connectivity index (χ0n) is 10.3. The molecule has 2 aromatic rings. The summed E-state index contributed by atoms with van der Waals surface area (Å²) < 4.78 is 13.4. The van der Waals surface area contributed by atoms with Crippen LogP contribution < -0.4 is 0 Å².